The van der Waals surface area contributed by atoms with E-state index in [-0.39, 0.29) is 18.2 Å². The molecular weight excluding hydrogens is 218 g/mol. The Bertz CT molecular complexity index is 430. The average molecular weight is 229 g/mol. The Kier molecular flexibility index (Phi) is 3.75. The van der Waals surface area contributed by atoms with Crippen LogP contribution in [0.1, 0.15) is 10.4 Å². The second-order valence-electron chi connectivity index (χ2n) is 2.86. The SMILES string of the molecule is NS(=O)(=O)CCNC(=O)c1ccncc1. The van der Waals surface area contributed by atoms with E-state index in [4.69, 9.17) is 5.14 Å². The Morgan fingerprint density at radius 3 is 2.53 bits per heavy atom. The molecule has 0 fully saturated rings. The summed E-state index contributed by atoms with van der Waals surface area (Å²) in [6, 6.07) is 3.07. The van der Waals surface area contributed by atoms with Gasteiger partial charge in [0.05, 0.1) is 5.75 Å². The zero-order valence-electron chi connectivity index (χ0n) is 7.88. The summed E-state index contributed by atoms with van der Waals surface area (Å²) in [5.74, 6) is -0.620. The standard InChI is InChI=1S/C8H11N3O3S/c9-15(13,14)6-5-11-8(12)7-1-3-10-4-2-7/h1-4H,5-6H2,(H,11,12)(H2,9,13,14). The van der Waals surface area contributed by atoms with E-state index >= 15 is 0 Å². The minimum Gasteiger partial charge on any atom is -0.351 e. The fraction of sp³-hybridized carbons (Fsp3) is 0.250. The molecule has 6 nitrogen and oxygen atoms in total. The first-order valence-corrected chi connectivity index (χ1v) is 5.89. The van der Waals surface area contributed by atoms with Crippen LogP contribution in [0.25, 0.3) is 0 Å². The van der Waals surface area contributed by atoms with Crippen LogP contribution in [0.3, 0.4) is 0 Å². The van der Waals surface area contributed by atoms with Crippen LogP contribution in [0.4, 0.5) is 0 Å². The fourth-order valence-electron chi connectivity index (χ4n) is 0.912. The molecule has 0 aliphatic heterocycles. The Morgan fingerprint density at radius 2 is 2.00 bits per heavy atom. The molecule has 0 aromatic carbocycles. The minimum atomic E-state index is -3.53. The second-order valence-corrected chi connectivity index (χ2v) is 4.59. The molecule has 0 aliphatic carbocycles. The van der Waals surface area contributed by atoms with Crippen molar-refractivity contribution in [2.45, 2.75) is 0 Å². The average Bonchev–Trinajstić information content (AvgIpc) is 2.17. The maximum Gasteiger partial charge on any atom is 0.251 e. The monoisotopic (exact) mass is 229 g/mol. The lowest BCUT2D eigenvalue weighted by Crippen LogP contribution is -2.31. The summed E-state index contributed by atoms with van der Waals surface area (Å²) < 4.78 is 21.1. The van der Waals surface area contributed by atoms with E-state index in [1.165, 1.54) is 24.5 Å². The van der Waals surface area contributed by atoms with Gasteiger partial charge in [0.2, 0.25) is 10.0 Å². The molecule has 7 heteroatoms. The quantitative estimate of drug-likeness (QED) is 0.698. The number of primary sulfonamides is 1. The zero-order chi connectivity index (χ0) is 11.3. The highest BCUT2D eigenvalue weighted by Gasteiger charge is 2.06. The number of nitrogens with zero attached hydrogens (tertiary/aromatic N) is 1. The van der Waals surface area contributed by atoms with Gasteiger partial charge in [-0.1, -0.05) is 0 Å². The predicted molar refractivity (Wildman–Crippen MR) is 54.5 cm³/mol. The van der Waals surface area contributed by atoms with Gasteiger partial charge in [0.15, 0.2) is 0 Å². The van der Waals surface area contributed by atoms with Gasteiger partial charge >= 0.3 is 0 Å². The van der Waals surface area contributed by atoms with Gasteiger partial charge in [-0.25, -0.2) is 13.6 Å². The van der Waals surface area contributed by atoms with Crippen molar-refractivity contribution in [1.82, 2.24) is 10.3 Å². The van der Waals surface area contributed by atoms with E-state index in [0.717, 1.165) is 0 Å². The van der Waals surface area contributed by atoms with E-state index in [1.807, 2.05) is 0 Å². The summed E-state index contributed by atoms with van der Waals surface area (Å²) in [5.41, 5.74) is 0.430. The maximum atomic E-state index is 11.4. The highest BCUT2D eigenvalue weighted by molar-refractivity contribution is 7.89. The number of rotatable bonds is 4. The third-order valence-electron chi connectivity index (χ3n) is 1.61. The first-order valence-electron chi connectivity index (χ1n) is 4.18. The second kappa shape index (κ2) is 4.85. The molecule has 0 aliphatic rings. The van der Waals surface area contributed by atoms with Crippen molar-refractivity contribution in [1.29, 1.82) is 0 Å². The molecule has 1 rings (SSSR count). The molecule has 0 spiro atoms. The molecule has 0 bridgehead atoms. The molecule has 1 heterocycles. The molecule has 0 radical (unpaired) electrons. The molecule has 1 aromatic heterocycles. The van der Waals surface area contributed by atoms with Gasteiger partial charge in [0, 0.05) is 24.5 Å². The van der Waals surface area contributed by atoms with Crippen molar-refractivity contribution in [2.24, 2.45) is 5.14 Å². The lowest BCUT2D eigenvalue weighted by molar-refractivity contribution is 0.0956. The Hall–Kier alpha value is -1.47. The van der Waals surface area contributed by atoms with Crippen molar-refractivity contribution < 1.29 is 13.2 Å². The summed E-state index contributed by atoms with van der Waals surface area (Å²) >= 11 is 0. The van der Waals surface area contributed by atoms with Gasteiger partial charge in [-0.05, 0) is 12.1 Å². The summed E-state index contributed by atoms with van der Waals surface area (Å²) in [4.78, 5) is 15.1. The molecule has 82 valence electrons. The van der Waals surface area contributed by atoms with Crippen LogP contribution in [-0.4, -0.2) is 31.6 Å². The van der Waals surface area contributed by atoms with Crippen molar-refractivity contribution in [3.8, 4) is 0 Å². The molecule has 1 aromatic rings. The van der Waals surface area contributed by atoms with Gasteiger partial charge in [0.1, 0.15) is 0 Å². The van der Waals surface area contributed by atoms with Gasteiger partial charge in [-0.15, -0.1) is 0 Å². The van der Waals surface area contributed by atoms with Crippen LogP contribution < -0.4 is 10.5 Å². The van der Waals surface area contributed by atoms with Crippen molar-refractivity contribution in [2.75, 3.05) is 12.3 Å². The van der Waals surface area contributed by atoms with Gasteiger partial charge in [-0.3, -0.25) is 9.78 Å². The van der Waals surface area contributed by atoms with Gasteiger partial charge in [-0.2, -0.15) is 0 Å². The number of nitrogens with one attached hydrogen (secondary N) is 1. The molecule has 0 saturated heterocycles. The van der Waals surface area contributed by atoms with E-state index in [2.05, 4.69) is 10.3 Å². The number of pyridine rings is 1. The van der Waals surface area contributed by atoms with Crippen LogP contribution in [0.15, 0.2) is 24.5 Å². The number of carbonyl (C=O) groups is 1. The molecule has 0 atom stereocenters. The van der Waals surface area contributed by atoms with E-state index in [0.29, 0.717) is 5.56 Å². The van der Waals surface area contributed by atoms with Crippen LogP contribution in [-0.2, 0) is 10.0 Å². The number of hydrogen-bond donors (Lipinski definition) is 2. The number of amides is 1. The Labute approximate surface area is 87.6 Å². The van der Waals surface area contributed by atoms with Crippen molar-refractivity contribution >= 4 is 15.9 Å². The third-order valence-corrected chi connectivity index (χ3v) is 2.39. The molecule has 3 N–H and O–H groups in total. The number of carbonyl (C=O) groups excluding carboxylic acids is 1. The molecular formula is C8H11N3O3S. The van der Waals surface area contributed by atoms with Crippen molar-refractivity contribution in [3.63, 3.8) is 0 Å². The van der Waals surface area contributed by atoms with Gasteiger partial charge < -0.3 is 5.32 Å². The number of nitrogens with two attached hydrogens (primary N) is 1. The largest absolute Gasteiger partial charge is 0.351 e. The number of sulfonamides is 1. The summed E-state index contributed by atoms with van der Waals surface area (Å²) in [7, 11) is -3.53. The van der Waals surface area contributed by atoms with Gasteiger partial charge in [0.25, 0.3) is 5.91 Å². The van der Waals surface area contributed by atoms with E-state index in [9.17, 15) is 13.2 Å². The lowest BCUT2D eigenvalue weighted by Gasteiger charge is -2.03. The fourth-order valence-corrected chi connectivity index (χ4v) is 1.30. The molecule has 1 amide bonds. The highest BCUT2D eigenvalue weighted by atomic mass is 32.2. The first kappa shape index (κ1) is 11.6. The van der Waals surface area contributed by atoms with Crippen LogP contribution >= 0.6 is 0 Å². The highest BCUT2D eigenvalue weighted by Crippen LogP contribution is 1.94. The summed E-state index contributed by atoms with van der Waals surface area (Å²) in [5, 5.41) is 7.20. The Balaban J connectivity index is 2.45. The van der Waals surface area contributed by atoms with Crippen LogP contribution in [0.5, 0.6) is 0 Å². The molecule has 0 saturated carbocycles. The summed E-state index contributed by atoms with van der Waals surface area (Å²) in [6.45, 7) is -0.0000104. The topological polar surface area (TPSA) is 102 Å². The number of aromatic nitrogens is 1. The van der Waals surface area contributed by atoms with Crippen molar-refractivity contribution in [3.05, 3.63) is 30.1 Å². The summed E-state index contributed by atoms with van der Waals surface area (Å²) in [6.07, 6.45) is 2.96. The minimum absolute atomic E-state index is 0.0000104. The first-order chi connectivity index (χ1) is 6.99. The molecule has 0 unspecified atom stereocenters. The van der Waals surface area contributed by atoms with Crippen LogP contribution in [0.2, 0.25) is 0 Å². The predicted octanol–water partition coefficient (Wildman–Crippen LogP) is -0.900. The lowest BCUT2D eigenvalue weighted by atomic mass is 10.2. The third kappa shape index (κ3) is 4.52. The normalized spacial score (nSPS) is 11.0. The number of hydrogen-bond acceptors (Lipinski definition) is 4. The van der Waals surface area contributed by atoms with E-state index in [1.54, 1.807) is 0 Å². The van der Waals surface area contributed by atoms with E-state index < -0.39 is 10.0 Å². The smallest absolute Gasteiger partial charge is 0.251 e. The zero-order valence-corrected chi connectivity index (χ0v) is 8.70. The molecule has 15 heavy (non-hydrogen) atoms. The maximum absolute atomic E-state index is 11.4. The van der Waals surface area contributed by atoms with Crippen LogP contribution in [0, 0.1) is 0 Å². The Morgan fingerprint density at radius 1 is 1.40 bits per heavy atom.